The fourth-order valence-corrected chi connectivity index (χ4v) is 4.38. The molecule has 0 bridgehead atoms. The van der Waals surface area contributed by atoms with E-state index in [0.717, 1.165) is 23.0 Å². The molecule has 0 aliphatic carbocycles. The monoisotopic (exact) mass is 339 g/mol. The molecule has 0 spiro atoms. The molecule has 0 saturated heterocycles. The Balaban J connectivity index is 1.75. The lowest BCUT2D eigenvalue weighted by atomic mass is 10.00. The highest BCUT2D eigenvalue weighted by Crippen LogP contribution is 2.38. The summed E-state index contributed by atoms with van der Waals surface area (Å²) in [5, 5.41) is 12.2. The van der Waals surface area contributed by atoms with Crippen molar-refractivity contribution in [2.45, 2.75) is 26.3 Å². The smallest absolute Gasteiger partial charge is 0.206 e. The van der Waals surface area contributed by atoms with Gasteiger partial charge in [0.25, 0.3) is 0 Å². The third kappa shape index (κ3) is 2.82. The summed E-state index contributed by atoms with van der Waals surface area (Å²) in [4.78, 5) is 5.90. The van der Waals surface area contributed by atoms with Crippen LogP contribution < -0.4 is 5.01 Å². The van der Waals surface area contributed by atoms with Crippen LogP contribution in [0.5, 0.6) is 0 Å². The molecule has 0 saturated carbocycles. The van der Waals surface area contributed by atoms with Gasteiger partial charge in [0, 0.05) is 11.8 Å². The Morgan fingerprint density at radius 2 is 2.04 bits per heavy atom. The molecule has 1 atom stereocenters. The van der Waals surface area contributed by atoms with Crippen LogP contribution in [0, 0.1) is 13.8 Å². The fraction of sp³-hybridized carbons (Fsp3) is 0.222. The number of hydrogen-bond acceptors (Lipinski definition) is 5. The van der Waals surface area contributed by atoms with Crippen molar-refractivity contribution in [2.75, 3.05) is 5.01 Å². The molecule has 0 amide bonds. The molecule has 2 aromatic heterocycles. The molecule has 4 rings (SSSR count). The number of thiophene rings is 1. The van der Waals surface area contributed by atoms with Gasteiger partial charge in [-0.25, -0.2) is 9.99 Å². The van der Waals surface area contributed by atoms with Crippen LogP contribution >= 0.6 is 22.7 Å². The molecule has 5 heteroatoms. The Kier molecular flexibility index (Phi) is 3.75. The lowest BCUT2D eigenvalue weighted by Gasteiger charge is -2.21. The van der Waals surface area contributed by atoms with Crippen LogP contribution in [0.1, 0.15) is 34.2 Å². The highest BCUT2D eigenvalue weighted by Gasteiger charge is 2.31. The average molecular weight is 339 g/mol. The minimum Gasteiger partial charge on any atom is -0.231 e. The van der Waals surface area contributed by atoms with Gasteiger partial charge < -0.3 is 0 Å². The van der Waals surface area contributed by atoms with Crippen molar-refractivity contribution < 1.29 is 0 Å². The SMILES string of the molecule is Cc1cccc(C2CC(c3cccs3)=NN2c2nc(C)cs2)c1. The molecule has 0 radical (unpaired) electrons. The third-order valence-electron chi connectivity index (χ3n) is 3.95. The molecule has 0 N–H and O–H groups in total. The van der Waals surface area contributed by atoms with Gasteiger partial charge in [0.15, 0.2) is 0 Å². The third-order valence-corrected chi connectivity index (χ3v) is 5.81. The van der Waals surface area contributed by atoms with E-state index in [2.05, 4.69) is 64.1 Å². The molecule has 1 unspecified atom stereocenters. The zero-order chi connectivity index (χ0) is 15.8. The molecule has 1 aliphatic rings. The van der Waals surface area contributed by atoms with Gasteiger partial charge in [-0.1, -0.05) is 35.9 Å². The van der Waals surface area contributed by atoms with Crippen LogP contribution in [-0.4, -0.2) is 10.7 Å². The topological polar surface area (TPSA) is 28.5 Å². The number of thiazole rings is 1. The lowest BCUT2D eigenvalue weighted by Crippen LogP contribution is -2.18. The van der Waals surface area contributed by atoms with Crippen LogP contribution in [0.25, 0.3) is 0 Å². The molecule has 3 heterocycles. The summed E-state index contributed by atoms with van der Waals surface area (Å²) in [6.07, 6.45) is 0.919. The summed E-state index contributed by atoms with van der Waals surface area (Å²) >= 11 is 3.41. The first-order chi connectivity index (χ1) is 11.2. The summed E-state index contributed by atoms with van der Waals surface area (Å²) < 4.78 is 0. The number of hydrazone groups is 1. The zero-order valence-electron chi connectivity index (χ0n) is 13.1. The maximum Gasteiger partial charge on any atom is 0.206 e. The molecule has 1 aromatic carbocycles. The number of aromatic nitrogens is 1. The van der Waals surface area contributed by atoms with Gasteiger partial charge in [-0.05, 0) is 30.9 Å². The van der Waals surface area contributed by atoms with Gasteiger partial charge in [0.1, 0.15) is 0 Å². The summed E-state index contributed by atoms with van der Waals surface area (Å²) in [6, 6.07) is 13.2. The maximum absolute atomic E-state index is 4.91. The zero-order valence-corrected chi connectivity index (χ0v) is 14.7. The standard InChI is InChI=1S/C18H17N3S2/c1-12-5-3-6-14(9-12)16-10-15(17-7-4-8-22-17)20-21(16)18-19-13(2)11-23-18/h3-9,11,16H,10H2,1-2H3. The first-order valence-electron chi connectivity index (χ1n) is 7.60. The van der Waals surface area contributed by atoms with Gasteiger partial charge in [-0.15, -0.1) is 22.7 Å². The van der Waals surface area contributed by atoms with Crippen molar-refractivity contribution in [1.29, 1.82) is 0 Å². The van der Waals surface area contributed by atoms with E-state index in [9.17, 15) is 0 Å². The first-order valence-corrected chi connectivity index (χ1v) is 9.36. The second-order valence-electron chi connectivity index (χ2n) is 5.77. The predicted molar refractivity (Wildman–Crippen MR) is 98.7 cm³/mol. The molecule has 23 heavy (non-hydrogen) atoms. The number of nitrogens with zero attached hydrogens (tertiary/aromatic N) is 3. The number of anilines is 1. The summed E-state index contributed by atoms with van der Waals surface area (Å²) in [6.45, 7) is 4.17. The van der Waals surface area contributed by atoms with E-state index in [0.29, 0.717) is 0 Å². The minimum atomic E-state index is 0.220. The lowest BCUT2D eigenvalue weighted by molar-refractivity contribution is 0.705. The molecule has 3 aromatic rings. The number of hydrogen-bond donors (Lipinski definition) is 0. The van der Waals surface area contributed by atoms with Crippen LogP contribution in [0.3, 0.4) is 0 Å². The van der Waals surface area contributed by atoms with Crippen LogP contribution in [0.4, 0.5) is 5.13 Å². The van der Waals surface area contributed by atoms with E-state index in [4.69, 9.17) is 5.10 Å². The van der Waals surface area contributed by atoms with E-state index < -0.39 is 0 Å². The van der Waals surface area contributed by atoms with Gasteiger partial charge in [-0.3, -0.25) is 0 Å². The summed E-state index contributed by atoms with van der Waals surface area (Å²) in [7, 11) is 0. The first kappa shape index (κ1) is 14.6. The molecular formula is C18H17N3S2. The quantitative estimate of drug-likeness (QED) is 0.658. The van der Waals surface area contributed by atoms with E-state index >= 15 is 0 Å². The van der Waals surface area contributed by atoms with Crippen LogP contribution in [0.2, 0.25) is 0 Å². The Morgan fingerprint density at radius 3 is 2.74 bits per heavy atom. The Morgan fingerprint density at radius 1 is 1.13 bits per heavy atom. The normalized spacial score (nSPS) is 17.6. The van der Waals surface area contributed by atoms with E-state index in [1.54, 1.807) is 22.7 Å². The highest BCUT2D eigenvalue weighted by atomic mass is 32.1. The number of benzene rings is 1. The van der Waals surface area contributed by atoms with Gasteiger partial charge in [-0.2, -0.15) is 5.10 Å². The van der Waals surface area contributed by atoms with E-state index in [-0.39, 0.29) is 6.04 Å². The Hall–Kier alpha value is -1.98. The van der Waals surface area contributed by atoms with Gasteiger partial charge in [0.05, 0.1) is 22.3 Å². The summed E-state index contributed by atoms with van der Waals surface area (Å²) in [5.74, 6) is 0. The molecule has 0 fully saturated rings. The van der Waals surface area contributed by atoms with E-state index in [1.165, 1.54) is 16.0 Å². The van der Waals surface area contributed by atoms with Crippen molar-refractivity contribution in [2.24, 2.45) is 5.10 Å². The average Bonchev–Trinajstić information content (AvgIpc) is 3.26. The molecule has 3 nitrogen and oxygen atoms in total. The van der Waals surface area contributed by atoms with Crippen LogP contribution in [0.15, 0.2) is 52.3 Å². The maximum atomic E-state index is 4.91. The second-order valence-corrected chi connectivity index (χ2v) is 7.56. The Labute approximate surface area is 143 Å². The second kappa shape index (κ2) is 5.91. The molecule has 116 valence electrons. The van der Waals surface area contributed by atoms with Crippen molar-refractivity contribution in [3.05, 3.63) is 68.9 Å². The predicted octanol–water partition coefficient (Wildman–Crippen LogP) is 5.18. The fourth-order valence-electron chi connectivity index (χ4n) is 2.86. The van der Waals surface area contributed by atoms with Crippen molar-refractivity contribution in [3.8, 4) is 0 Å². The molecule has 1 aliphatic heterocycles. The highest BCUT2D eigenvalue weighted by molar-refractivity contribution is 7.13. The van der Waals surface area contributed by atoms with Crippen molar-refractivity contribution >= 4 is 33.5 Å². The van der Waals surface area contributed by atoms with Crippen molar-refractivity contribution in [1.82, 2.24) is 4.98 Å². The minimum absolute atomic E-state index is 0.220. The Bertz CT molecular complexity index is 849. The summed E-state index contributed by atoms with van der Waals surface area (Å²) in [5.41, 5.74) is 4.78. The van der Waals surface area contributed by atoms with Gasteiger partial charge in [0.2, 0.25) is 5.13 Å². The van der Waals surface area contributed by atoms with Crippen molar-refractivity contribution in [3.63, 3.8) is 0 Å². The van der Waals surface area contributed by atoms with Gasteiger partial charge >= 0.3 is 0 Å². The largest absolute Gasteiger partial charge is 0.231 e. The molecular weight excluding hydrogens is 322 g/mol. The number of rotatable bonds is 3. The van der Waals surface area contributed by atoms with Crippen LogP contribution in [-0.2, 0) is 0 Å². The van der Waals surface area contributed by atoms with E-state index in [1.807, 2.05) is 6.92 Å². The number of aryl methyl sites for hydroxylation is 2.